The van der Waals surface area contributed by atoms with Crippen LogP contribution in [0.15, 0.2) is 12.3 Å². The van der Waals surface area contributed by atoms with E-state index in [1.807, 2.05) is 6.92 Å². The van der Waals surface area contributed by atoms with E-state index in [1.54, 1.807) is 0 Å². The number of nitro groups is 1. The van der Waals surface area contributed by atoms with Gasteiger partial charge in [-0.3, -0.25) is 14.9 Å². The average molecular weight is 288 g/mol. The number of nitrogens with zero attached hydrogens (tertiary/aromatic N) is 2. The zero-order valence-corrected chi connectivity index (χ0v) is 11.1. The maximum Gasteiger partial charge on any atom is 0.303 e. The fourth-order valence-corrected chi connectivity index (χ4v) is 1.73. The minimum Gasteiger partial charge on any atom is -0.481 e. The lowest BCUT2D eigenvalue weighted by Gasteiger charge is -2.14. The third kappa shape index (κ3) is 4.70. The number of carboxylic acids is 1. The predicted molar refractivity (Wildman–Crippen MR) is 70.4 cm³/mol. The number of carboxylic acid groups (broad SMARTS) is 1. The van der Waals surface area contributed by atoms with Crippen molar-refractivity contribution in [2.45, 2.75) is 19.8 Å². The summed E-state index contributed by atoms with van der Waals surface area (Å²) in [6.07, 6.45) is 1.85. The van der Waals surface area contributed by atoms with E-state index in [1.165, 1.54) is 6.07 Å². The van der Waals surface area contributed by atoms with Gasteiger partial charge in [-0.2, -0.15) is 0 Å². The van der Waals surface area contributed by atoms with E-state index < -0.39 is 10.9 Å². The Balaban J connectivity index is 2.67. The second kappa shape index (κ2) is 6.89. The van der Waals surface area contributed by atoms with Crippen molar-refractivity contribution in [2.75, 3.05) is 11.9 Å². The van der Waals surface area contributed by atoms with Gasteiger partial charge in [-0.25, -0.2) is 4.98 Å². The zero-order valence-electron chi connectivity index (χ0n) is 10.3. The summed E-state index contributed by atoms with van der Waals surface area (Å²) in [4.78, 5) is 24.4. The Morgan fingerprint density at radius 1 is 1.68 bits per heavy atom. The molecule has 1 unspecified atom stereocenters. The van der Waals surface area contributed by atoms with E-state index >= 15 is 0 Å². The van der Waals surface area contributed by atoms with E-state index in [2.05, 4.69) is 10.3 Å². The second-order valence-electron chi connectivity index (χ2n) is 4.03. The highest BCUT2D eigenvalue weighted by atomic mass is 35.5. The predicted octanol–water partition coefficient (Wildman–Crippen LogP) is 2.56. The molecule has 19 heavy (non-hydrogen) atoms. The lowest BCUT2D eigenvalue weighted by atomic mass is 10.0. The second-order valence-corrected chi connectivity index (χ2v) is 4.44. The third-order valence-corrected chi connectivity index (χ3v) is 2.92. The molecule has 0 aliphatic heterocycles. The highest BCUT2D eigenvalue weighted by molar-refractivity contribution is 6.33. The maximum atomic E-state index is 10.6. The van der Waals surface area contributed by atoms with Crippen LogP contribution in [-0.2, 0) is 4.79 Å². The van der Waals surface area contributed by atoms with Crippen molar-refractivity contribution < 1.29 is 14.8 Å². The average Bonchev–Trinajstić information content (AvgIpc) is 2.34. The number of nitrogens with one attached hydrogen (secondary N) is 1. The lowest BCUT2D eigenvalue weighted by Crippen LogP contribution is -2.17. The molecule has 1 rings (SSSR count). The van der Waals surface area contributed by atoms with Crippen molar-refractivity contribution >= 4 is 29.1 Å². The molecule has 1 aromatic rings. The maximum absolute atomic E-state index is 10.6. The van der Waals surface area contributed by atoms with Gasteiger partial charge in [-0.15, -0.1) is 0 Å². The summed E-state index contributed by atoms with van der Waals surface area (Å²) < 4.78 is 0. The Hall–Kier alpha value is -1.89. The van der Waals surface area contributed by atoms with E-state index in [0.717, 1.165) is 6.20 Å². The van der Waals surface area contributed by atoms with Gasteiger partial charge in [0.15, 0.2) is 0 Å². The molecule has 0 aliphatic carbocycles. The van der Waals surface area contributed by atoms with Gasteiger partial charge < -0.3 is 10.4 Å². The Morgan fingerprint density at radius 3 is 2.84 bits per heavy atom. The monoisotopic (exact) mass is 287 g/mol. The molecule has 8 heteroatoms. The van der Waals surface area contributed by atoms with E-state index in [9.17, 15) is 14.9 Å². The highest BCUT2D eigenvalue weighted by Crippen LogP contribution is 2.24. The molecule has 0 radical (unpaired) electrons. The minimum absolute atomic E-state index is 0.0497. The van der Waals surface area contributed by atoms with Crippen LogP contribution in [0.4, 0.5) is 11.5 Å². The quantitative estimate of drug-likeness (QED) is 0.590. The van der Waals surface area contributed by atoms with Crippen molar-refractivity contribution in [3.05, 3.63) is 27.4 Å². The van der Waals surface area contributed by atoms with Crippen molar-refractivity contribution in [2.24, 2.45) is 5.92 Å². The molecule has 0 aliphatic rings. The number of halogens is 1. The first-order chi connectivity index (χ1) is 8.93. The Labute approximate surface area is 114 Å². The SMILES string of the molecule is CCC(CNc1ncc([N+](=O)[O-])cc1Cl)CC(=O)O. The molecule has 7 nitrogen and oxygen atoms in total. The van der Waals surface area contributed by atoms with Gasteiger partial charge in [0.05, 0.1) is 9.95 Å². The molecule has 0 spiro atoms. The molecule has 1 heterocycles. The largest absolute Gasteiger partial charge is 0.481 e. The summed E-state index contributed by atoms with van der Waals surface area (Å²) in [5, 5.41) is 22.3. The van der Waals surface area contributed by atoms with Crippen LogP contribution in [0.2, 0.25) is 5.02 Å². The normalized spacial score (nSPS) is 11.9. The Morgan fingerprint density at radius 2 is 2.37 bits per heavy atom. The van der Waals surface area contributed by atoms with Crippen LogP contribution >= 0.6 is 11.6 Å². The molecule has 0 fully saturated rings. The van der Waals surface area contributed by atoms with Gasteiger partial charge in [0.1, 0.15) is 12.0 Å². The van der Waals surface area contributed by atoms with E-state index in [-0.39, 0.29) is 23.0 Å². The molecule has 0 bridgehead atoms. The first kappa shape index (κ1) is 15.2. The fourth-order valence-electron chi connectivity index (χ4n) is 1.51. The summed E-state index contributed by atoms with van der Waals surface area (Å²) in [6, 6.07) is 1.20. The summed E-state index contributed by atoms with van der Waals surface area (Å²) >= 11 is 5.86. The topological polar surface area (TPSA) is 105 Å². The van der Waals surface area contributed by atoms with Crippen LogP contribution in [0.25, 0.3) is 0 Å². The molecular formula is C11H14ClN3O4. The van der Waals surface area contributed by atoms with Crippen LogP contribution in [0.1, 0.15) is 19.8 Å². The number of hydrogen-bond acceptors (Lipinski definition) is 5. The van der Waals surface area contributed by atoms with Crippen molar-refractivity contribution in [3.8, 4) is 0 Å². The van der Waals surface area contributed by atoms with Crippen LogP contribution in [0.5, 0.6) is 0 Å². The molecule has 1 aromatic heterocycles. The Bertz CT molecular complexity index is 481. The minimum atomic E-state index is -0.864. The molecular weight excluding hydrogens is 274 g/mol. The number of carbonyl (C=O) groups is 1. The number of anilines is 1. The number of aliphatic carboxylic acids is 1. The number of hydrogen-bond donors (Lipinski definition) is 2. The van der Waals surface area contributed by atoms with Gasteiger partial charge >= 0.3 is 5.97 Å². The van der Waals surface area contributed by atoms with Gasteiger partial charge in [-0.1, -0.05) is 24.9 Å². The first-order valence-corrected chi connectivity index (χ1v) is 6.07. The number of aromatic nitrogens is 1. The summed E-state index contributed by atoms with van der Waals surface area (Å²) in [5.74, 6) is -0.599. The highest BCUT2D eigenvalue weighted by Gasteiger charge is 2.14. The summed E-state index contributed by atoms with van der Waals surface area (Å²) in [5.41, 5.74) is -0.187. The van der Waals surface area contributed by atoms with Gasteiger partial charge in [0.25, 0.3) is 5.69 Å². The fraction of sp³-hybridized carbons (Fsp3) is 0.455. The van der Waals surface area contributed by atoms with Gasteiger partial charge in [0, 0.05) is 19.0 Å². The van der Waals surface area contributed by atoms with Crippen LogP contribution in [-0.4, -0.2) is 27.5 Å². The molecule has 104 valence electrons. The zero-order chi connectivity index (χ0) is 14.4. The summed E-state index contributed by atoms with van der Waals surface area (Å²) in [7, 11) is 0. The number of pyridine rings is 1. The van der Waals surface area contributed by atoms with Crippen LogP contribution < -0.4 is 5.32 Å². The van der Waals surface area contributed by atoms with Crippen LogP contribution in [0, 0.1) is 16.0 Å². The standard InChI is InChI=1S/C11H14ClN3O4/c1-2-7(3-10(16)17)5-13-11-9(12)4-8(6-14-11)15(18)19/h4,6-7H,2-3,5H2,1H3,(H,13,14)(H,16,17). The molecule has 0 saturated heterocycles. The van der Waals surface area contributed by atoms with Crippen molar-refractivity contribution in [1.82, 2.24) is 4.98 Å². The van der Waals surface area contributed by atoms with Gasteiger partial charge in [0.2, 0.25) is 0 Å². The van der Waals surface area contributed by atoms with Gasteiger partial charge in [-0.05, 0) is 5.92 Å². The lowest BCUT2D eigenvalue weighted by molar-refractivity contribution is -0.385. The smallest absolute Gasteiger partial charge is 0.303 e. The number of rotatable bonds is 7. The van der Waals surface area contributed by atoms with Crippen molar-refractivity contribution in [1.29, 1.82) is 0 Å². The van der Waals surface area contributed by atoms with Crippen LogP contribution in [0.3, 0.4) is 0 Å². The van der Waals surface area contributed by atoms with E-state index in [0.29, 0.717) is 18.8 Å². The van der Waals surface area contributed by atoms with E-state index in [4.69, 9.17) is 16.7 Å². The molecule has 0 amide bonds. The third-order valence-electron chi connectivity index (χ3n) is 2.64. The molecule has 2 N–H and O–H groups in total. The summed E-state index contributed by atoms with van der Waals surface area (Å²) in [6.45, 7) is 2.29. The molecule has 0 aromatic carbocycles. The molecule has 0 saturated carbocycles. The molecule has 1 atom stereocenters. The first-order valence-electron chi connectivity index (χ1n) is 5.69. The Kier molecular flexibility index (Phi) is 5.50. The van der Waals surface area contributed by atoms with Crippen molar-refractivity contribution in [3.63, 3.8) is 0 Å².